The number of anilines is 2. The van der Waals surface area contributed by atoms with Gasteiger partial charge in [-0.1, -0.05) is 48.5 Å². The number of nitrogens with zero attached hydrogens (tertiary/aromatic N) is 2. The highest BCUT2D eigenvalue weighted by Crippen LogP contribution is 2.38. The Kier molecular flexibility index (Phi) is 5.35. The zero-order valence-corrected chi connectivity index (χ0v) is 17.5. The first-order valence-corrected chi connectivity index (χ1v) is 10.3. The van der Waals surface area contributed by atoms with Crippen LogP contribution in [0.25, 0.3) is 22.9 Å². The summed E-state index contributed by atoms with van der Waals surface area (Å²) in [7, 11) is 0. The zero-order chi connectivity index (χ0) is 22.6. The van der Waals surface area contributed by atoms with Crippen LogP contribution < -0.4 is 20.9 Å². The fourth-order valence-corrected chi connectivity index (χ4v) is 3.29. The number of para-hydroxylation sites is 6. The number of hydrogen-bond donors (Lipinski definition) is 2. The van der Waals surface area contributed by atoms with Gasteiger partial charge >= 0.3 is 0 Å². The van der Waals surface area contributed by atoms with Crippen molar-refractivity contribution in [3.8, 4) is 45.9 Å². The summed E-state index contributed by atoms with van der Waals surface area (Å²) in [6.07, 6.45) is 0. The van der Waals surface area contributed by atoms with Crippen LogP contribution in [0.15, 0.2) is 101 Å². The molecule has 0 radical (unpaired) electrons. The van der Waals surface area contributed by atoms with Gasteiger partial charge in [0.05, 0.1) is 22.5 Å². The molecule has 162 valence electrons. The van der Waals surface area contributed by atoms with Gasteiger partial charge in [-0.25, -0.2) is 0 Å². The third kappa shape index (κ3) is 4.20. The Hall–Kier alpha value is -4.78. The minimum Gasteiger partial charge on any atom is -0.454 e. The molecule has 0 saturated carbocycles. The Morgan fingerprint density at radius 2 is 0.848 bits per heavy atom. The molecule has 5 aromatic rings. The van der Waals surface area contributed by atoms with Gasteiger partial charge in [0.15, 0.2) is 0 Å². The van der Waals surface area contributed by atoms with Gasteiger partial charge in [0, 0.05) is 0 Å². The van der Waals surface area contributed by atoms with E-state index in [0.717, 1.165) is 0 Å². The molecule has 1 heterocycles. The van der Waals surface area contributed by atoms with Gasteiger partial charge in [0.2, 0.25) is 0 Å². The third-order valence-electron chi connectivity index (χ3n) is 4.94. The topological polar surface area (TPSA) is 109 Å². The third-order valence-corrected chi connectivity index (χ3v) is 4.94. The smallest absolute Gasteiger partial charge is 0.251 e. The maximum atomic E-state index is 6.03. The summed E-state index contributed by atoms with van der Waals surface area (Å²) in [5, 5.41) is 8.49. The van der Waals surface area contributed by atoms with Crippen molar-refractivity contribution in [1.29, 1.82) is 0 Å². The van der Waals surface area contributed by atoms with Crippen molar-refractivity contribution >= 4 is 11.4 Å². The lowest BCUT2D eigenvalue weighted by molar-refractivity contribution is 0.479. The summed E-state index contributed by atoms with van der Waals surface area (Å²) in [6.45, 7) is 0. The van der Waals surface area contributed by atoms with E-state index >= 15 is 0 Å². The number of benzene rings is 4. The SMILES string of the molecule is Nc1ccccc1Oc1ccccc1-c1nnc(-c2ccccc2Oc2ccccc2N)o1. The maximum absolute atomic E-state index is 6.03. The highest BCUT2D eigenvalue weighted by atomic mass is 16.5. The first kappa shape index (κ1) is 20.1. The van der Waals surface area contributed by atoms with Crippen molar-refractivity contribution in [3.05, 3.63) is 97.1 Å². The van der Waals surface area contributed by atoms with Gasteiger partial charge in [-0.2, -0.15) is 0 Å². The van der Waals surface area contributed by atoms with Crippen LogP contribution in [0.1, 0.15) is 0 Å². The Balaban J connectivity index is 1.48. The Morgan fingerprint density at radius 3 is 1.27 bits per heavy atom. The molecule has 0 atom stereocenters. The number of hydrogen-bond acceptors (Lipinski definition) is 7. The second-order valence-corrected chi connectivity index (χ2v) is 7.18. The molecule has 1 aromatic heterocycles. The van der Waals surface area contributed by atoms with Gasteiger partial charge in [-0.05, 0) is 48.5 Å². The van der Waals surface area contributed by atoms with Gasteiger partial charge in [-0.15, -0.1) is 10.2 Å². The van der Waals surface area contributed by atoms with Crippen molar-refractivity contribution in [1.82, 2.24) is 10.2 Å². The molecule has 0 fully saturated rings. The van der Waals surface area contributed by atoms with Crippen LogP contribution >= 0.6 is 0 Å². The second-order valence-electron chi connectivity index (χ2n) is 7.18. The first-order valence-electron chi connectivity index (χ1n) is 10.3. The Labute approximate surface area is 190 Å². The van der Waals surface area contributed by atoms with E-state index in [1.165, 1.54) is 0 Å². The summed E-state index contributed by atoms with van der Waals surface area (Å²) in [6, 6.07) is 29.4. The van der Waals surface area contributed by atoms with Crippen LogP contribution in [0.4, 0.5) is 11.4 Å². The van der Waals surface area contributed by atoms with Crippen LogP contribution in [0.5, 0.6) is 23.0 Å². The number of rotatable bonds is 6. The minimum atomic E-state index is 0.309. The van der Waals surface area contributed by atoms with Crippen molar-refractivity contribution in [2.45, 2.75) is 0 Å². The fraction of sp³-hybridized carbons (Fsp3) is 0. The highest BCUT2D eigenvalue weighted by Gasteiger charge is 2.18. The molecule has 0 amide bonds. The van der Waals surface area contributed by atoms with E-state index in [4.69, 9.17) is 25.4 Å². The minimum absolute atomic E-state index is 0.309. The van der Waals surface area contributed by atoms with Crippen LogP contribution in [0.3, 0.4) is 0 Å². The molecule has 4 aromatic carbocycles. The number of ether oxygens (including phenoxy) is 2. The number of aromatic nitrogens is 2. The van der Waals surface area contributed by atoms with E-state index in [-0.39, 0.29) is 0 Å². The standard InChI is InChI=1S/C26H20N4O3/c27-19-11-3-7-15-23(19)31-21-13-5-1-9-17(21)25-29-30-26(33-25)18-10-2-6-14-22(18)32-24-16-8-4-12-20(24)28/h1-16H,27-28H2. The molecule has 0 unspecified atom stereocenters. The van der Waals surface area contributed by atoms with Crippen LogP contribution in [0.2, 0.25) is 0 Å². The Bertz CT molecular complexity index is 1310. The predicted octanol–water partition coefficient (Wildman–Crippen LogP) is 6.15. The van der Waals surface area contributed by atoms with Crippen LogP contribution in [-0.2, 0) is 0 Å². The first-order chi connectivity index (χ1) is 16.2. The van der Waals surface area contributed by atoms with Crippen LogP contribution in [0, 0.1) is 0 Å². The molecule has 5 rings (SSSR count). The van der Waals surface area contributed by atoms with Gasteiger partial charge in [0.25, 0.3) is 11.8 Å². The van der Waals surface area contributed by atoms with Crippen LogP contribution in [-0.4, -0.2) is 10.2 Å². The fourth-order valence-electron chi connectivity index (χ4n) is 3.29. The normalized spacial score (nSPS) is 10.7. The highest BCUT2D eigenvalue weighted by molar-refractivity contribution is 5.68. The lowest BCUT2D eigenvalue weighted by Crippen LogP contribution is -1.93. The quantitative estimate of drug-likeness (QED) is 0.307. The van der Waals surface area contributed by atoms with Crippen molar-refractivity contribution in [2.24, 2.45) is 0 Å². The van der Waals surface area contributed by atoms with E-state index < -0.39 is 0 Å². The summed E-state index contributed by atoms with van der Waals surface area (Å²) < 4.78 is 18.1. The van der Waals surface area contributed by atoms with Crippen molar-refractivity contribution in [3.63, 3.8) is 0 Å². The van der Waals surface area contributed by atoms with Gasteiger partial charge in [0.1, 0.15) is 23.0 Å². The van der Waals surface area contributed by atoms with Gasteiger partial charge < -0.3 is 25.4 Å². The van der Waals surface area contributed by atoms with E-state index in [0.29, 0.717) is 57.3 Å². The average Bonchev–Trinajstić information content (AvgIpc) is 3.33. The molecule has 0 aliphatic heterocycles. The molecular formula is C26H20N4O3. The summed E-state index contributed by atoms with van der Waals surface area (Å²) in [5.74, 6) is 2.81. The largest absolute Gasteiger partial charge is 0.454 e. The van der Waals surface area contributed by atoms with E-state index in [2.05, 4.69) is 10.2 Å². The molecule has 0 aliphatic rings. The molecule has 7 nitrogen and oxygen atoms in total. The molecule has 4 N–H and O–H groups in total. The molecule has 7 heteroatoms. The lowest BCUT2D eigenvalue weighted by atomic mass is 10.2. The predicted molar refractivity (Wildman–Crippen MR) is 127 cm³/mol. The average molecular weight is 436 g/mol. The summed E-state index contributed by atoms with van der Waals surface area (Å²) >= 11 is 0. The molecular weight excluding hydrogens is 416 g/mol. The maximum Gasteiger partial charge on any atom is 0.251 e. The van der Waals surface area contributed by atoms with Gasteiger partial charge in [-0.3, -0.25) is 0 Å². The molecule has 0 aliphatic carbocycles. The molecule has 0 saturated heterocycles. The molecule has 0 bridgehead atoms. The zero-order valence-electron chi connectivity index (χ0n) is 17.5. The van der Waals surface area contributed by atoms with E-state index in [1.807, 2.05) is 72.8 Å². The number of nitrogens with two attached hydrogens (primary N) is 2. The summed E-state index contributed by atoms with van der Waals surface area (Å²) in [5.41, 5.74) is 14.4. The second kappa shape index (κ2) is 8.76. The van der Waals surface area contributed by atoms with Crippen molar-refractivity contribution in [2.75, 3.05) is 11.5 Å². The van der Waals surface area contributed by atoms with E-state index in [1.54, 1.807) is 24.3 Å². The molecule has 0 spiro atoms. The number of nitrogen functional groups attached to an aromatic ring is 2. The monoisotopic (exact) mass is 436 g/mol. The summed E-state index contributed by atoms with van der Waals surface area (Å²) in [4.78, 5) is 0. The lowest BCUT2D eigenvalue weighted by Gasteiger charge is -2.11. The Morgan fingerprint density at radius 1 is 0.485 bits per heavy atom. The van der Waals surface area contributed by atoms with Crippen molar-refractivity contribution < 1.29 is 13.9 Å². The molecule has 33 heavy (non-hydrogen) atoms. The van der Waals surface area contributed by atoms with E-state index in [9.17, 15) is 0 Å².